The Morgan fingerprint density at radius 1 is 1.00 bits per heavy atom. The molecule has 0 radical (unpaired) electrons. The summed E-state index contributed by atoms with van der Waals surface area (Å²) in [6.07, 6.45) is 1.42. The van der Waals surface area contributed by atoms with Crippen molar-refractivity contribution in [3.05, 3.63) is 89.1 Å². The van der Waals surface area contributed by atoms with Crippen LogP contribution in [0.2, 0.25) is 0 Å². The average molecular weight is 457 g/mol. The maximum atomic E-state index is 12.9. The fourth-order valence-electron chi connectivity index (χ4n) is 3.47. The number of nitrogens with one attached hydrogen (secondary N) is 1. The van der Waals surface area contributed by atoms with Crippen molar-refractivity contribution in [1.29, 1.82) is 5.26 Å². The maximum Gasteiger partial charge on any atom is 0.283 e. The molecule has 5 aromatic rings. The minimum atomic E-state index is -3.86. The zero-order chi connectivity index (χ0) is 23.0. The van der Waals surface area contributed by atoms with E-state index in [2.05, 4.69) is 19.8 Å². The third-order valence-electron chi connectivity index (χ3n) is 4.96. The molecule has 11 heteroatoms. The second-order valence-corrected chi connectivity index (χ2v) is 8.73. The number of fused-ring (bicyclic) bond motifs is 2. The number of nitrogens with zero attached hydrogens (tertiary/aromatic N) is 6. The van der Waals surface area contributed by atoms with Gasteiger partial charge in [-0.05, 0) is 48.5 Å². The summed E-state index contributed by atoms with van der Waals surface area (Å²) in [7, 11) is -3.86. The van der Waals surface area contributed by atoms with E-state index in [4.69, 9.17) is 0 Å². The molecule has 33 heavy (non-hydrogen) atoms. The van der Waals surface area contributed by atoms with E-state index in [1.54, 1.807) is 59.2 Å². The molecule has 0 amide bonds. The monoisotopic (exact) mass is 457 g/mol. The van der Waals surface area contributed by atoms with Gasteiger partial charge < -0.3 is 0 Å². The Hall–Kier alpha value is -4.56. The summed E-state index contributed by atoms with van der Waals surface area (Å²) in [5, 5.41) is 14.0. The Morgan fingerprint density at radius 3 is 2.48 bits per heavy atom. The van der Waals surface area contributed by atoms with E-state index in [9.17, 15) is 18.5 Å². The minimum absolute atomic E-state index is 0.0266. The van der Waals surface area contributed by atoms with Gasteiger partial charge in [-0.3, -0.25) is 14.1 Å². The van der Waals surface area contributed by atoms with Crippen LogP contribution in [0.3, 0.4) is 0 Å². The summed E-state index contributed by atoms with van der Waals surface area (Å²) >= 11 is 0. The molecule has 0 saturated heterocycles. The smallest absolute Gasteiger partial charge is 0.267 e. The summed E-state index contributed by atoms with van der Waals surface area (Å²) < 4.78 is 30.5. The molecule has 0 aliphatic carbocycles. The van der Waals surface area contributed by atoms with E-state index in [1.807, 2.05) is 6.07 Å². The fraction of sp³-hybridized carbons (Fsp3) is 0.0455. The van der Waals surface area contributed by atoms with Gasteiger partial charge >= 0.3 is 0 Å². The number of rotatable bonds is 5. The zero-order valence-corrected chi connectivity index (χ0v) is 17.8. The zero-order valence-electron chi connectivity index (χ0n) is 17.0. The number of nitriles is 1. The largest absolute Gasteiger partial charge is 0.283 e. The number of benzene rings is 2. The van der Waals surface area contributed by atoms with Crippen molar-refractivity contribution in [2.75, 3.05) is 4.72 Å². The van der Waals surface area contributed by atoms with Gasteiger partial charge in [-0.15, -0.1) is 5.10 Å². The molecule has 0 spiro atoms. The third-order valence-corrected chi connectivity index (χ3v) is 6.33. The Kier molecular flexibility index (Phi) is 4.84. The van der Waals surface area contributed by atoms with Gasteiger partial charge in [-0.1, -0.05) is 18.2 Å². The van der Waals surface area contributed by atoms with Crippen LogP contribution < -0.4 is 10.3 Å². The molecule has 10 nitrogen and oxygen atoms in total. The first-order valence-corrected chi connectivity index (χ1v) is 11.3. The predicted molar refractivity (Wildman–Crippen MR) is 120 cm³/mol. The van der Waals surface area contributed by atoms with E-state index in [0.717, 1.165) is 4.52 Å². The van der Waals surface area contributed by atoms with E-state index >= 15 is 0 Å². The van der Waals surface area contributed by atoms with Gasteiger partial charge in [0.2, 0.25) is 5.78 Å². The van der Waals surface area contributed by atoms with Crippen molar-refractivity contribution in [3.63, 3.8) is 0 Å². The fourth-order valence-corrected chi connectivity index (χ4v) is 4.47. The van der Waals surface area contributed by atoms with Crippen LogP contribution in [0.25, 0.3) is 22.4 Å². The third kappa shape index (κ3) is 3.58. The first-order chi connectivity index (χ1) is 16.0. The van der Waals surface area contributed by atoms with Crippen LogP contribution in [-0.2, 0) is 16.4 Å². The molecule has 3 heterocycles. The van der Waals surface area contributed by atoms with Crippen molar-refractivity contribution >= 4 is 32.5 Å². The molecule has 2 aromatic carbocycles. The molecule has 5 rings (SSSR count). The van der Waals surface area contributed by atoms with Gasteiger partial charge in [-0.2, -0.15) is 9.78 Å². The number of pyridine rings is 1. The average Bonchev–Trinajstić information content (AvgIpc) is 3.18. The SMILES string of the molecule is N#CCc1nn2c(=O)c3ccccc3nc2n1-c1ccc(S(=O)(=O)Nc2ccccn2)cc1. The summed E-state index contributed by atoms with van der Waals surface area (Å²) in [4.78, 5) is 21.5. The van der Waals surface area contributed by atoms with Crippen LogP contribution in [0, 0.1) is 11.3 Å². The molecule has 0 saturated carbocycles. The van der Waals surface area contributed by atoms with Crippen LogP contribution in [0.5, 0.6) is 0 Å². The Balaban J connectivity index is 1.62. The molecular weight excluding hydrogens is 442 g/mol. The number of hydrogen-bond acceptors (Lipinski definition) is 7. The molecule has 3 aromatic heterocycles. The number of hydrogen-bond donors (Lipinski definition) is 1. The van der Waals surface area contributed by atoms with Crippen molar-refractivity contribution in [2.45, 2.75) is 11.3 Å². The number of anilines is 1. The van der Waals surface area contributed by atoms with Crippen LogP contribution in [-0.4, -0.2) is 32.6 Å². The Morgan fingerprint density at radius 2 is 1.76 bits per heavy atom. The topological polar surface area (TPSA) is 135 Å². The van der Waals surface area contributed by atoms with Crippen LogP contribution in [0.4, 0.5) is 5.82 Å². The molecule has 0 fully saturated rings. The highest BCUT2D eigenvalue weighted by Gasteiger charge is 2.19. The van der Waals surface area contributed by atoms with E-state index in [-0.39, 0.29) is 28.5 Å². The molecule has 0 unspecified atom stereocenters. The normalized spacial score (nSPS) is 11.5. The van der Waals surface area contributed by atoms with Gasteiger partial charge in [0.05, 0.1) is 34.0 Å². The second kappa shape index (κ2) is 7.85. The first-order valence-electron chi connectivity index (χ1n) is 9.78. The number of aromatic nitrogens is 5. The van der Waals surface area contributed by atoms with Gasteiger partial charge in [0.1, 0.15) is 5.82 Å². The van der Waals surface area contributed by atoms with E-state index in [0.29, 0.717) is 22.4 Å². The molecule has 162 valence electrons. The highest BCUT2D eigenvalue weighted by atomic mass is 32.2. The maximum absolute atomic E-state index is 12.9. The van der Waals surface area contributed by atoms with Gasteiger partial charge in [0.25, 0.3) is 15.6 Å². The van der Waals surface area contributed by atoms with Gasteiger partial charge in [-0.25, -0.2) is 18.4 Å². The lowest BCUT2D eigenvalue weighted by Gasteiger charge is -2.10. The lowest BCUT2D eigenvalue weighted by Crippen LogP contribution is -2.16. The van der Waals surface area contributed by atoms with Crippen molar-refractivity contribution in [1.82, 2.24) is 24.1 Å². The van der Waals surface area contributed by atoms with E-state index in [1.165, 1.54) is 18.3 Å². The highest BCUT2D eigenvalue weighted by molar-refractivity contribution is 7.92. The van der Waals surface area contributed by atoms with Crippen LogP contribution >= 0.6 is 0 Å². The van der Waals surface area contributed by atoms with Crippen LogP contribution in [0.15, 0.2) is 82.6 Å². The molecular formula is C22H15N7O3S. The summed E-state index contributed by atoms with van der Waals surface area (Å²) in [6, 6.07) is 19.8. The summed E-state index contributed by atoms with van der Waals surface area (Å²) in [5.74, 6) is 0.736. The second-order valence-electron chi connectivity index (χ2n) is 7.05. The minimum Gasteiger partial charge on any atom is -0.267 e. The Labute approximate surface area is 187 Å². The lowest BCUT2D eigenvalue weighted by atomic mass is 10.2. The van der Waals surface area contributed by atoms with Gasteiger partial charge in [0.15, 0.2) is 5.82 Å². The van der Waals surface area contributed by atoms with E-state index < -0.39 is 10.0 Å². The molecule has 0 atom stereocenters. The number of para-hydroxylation sites is 1. The van der Waals surface area contributed by atoms with Gasteiger partial charge in [0, 0.05) is 6.20 Å². The number of sulfonamides is 1. The predicted octanol–water partition coefficient (Wildman–Crippen LogP) is 2.30. The quantitative estimate of drug-likeness (QED) is 0.428. The van der Waals surface area contributed by atoms with Crippen molar-refractivity contribution in [2.24, 2.45) is 0 Å². The standard InChI is InChI=1S/C22H15N7O3S/c23-13-12-20-26-29-21(30)17-5-1-2-6-18(17)25-22(29)28(20)15-8-10-16(11-9-15)33(31,32)27-19-7-3-4-14-24-19/h1-11,14H,12H2,(H,24,27). The van der Waals surface area contributed by atoms with Crippen LogP contribution in [0.1, 0.15) is 5.82 Å². The molecule has 0 aliphatic heterocycles. The Bertz CT molecular complexity index is 1700. The van der Waals surface area contributed by atoms with Crippen molar-refractivity contribution in [3.8, 4) is 11.8 Å². The molecule has 0 aliphatic rings. The summed E-state index contributed by atoms with van der Waals surface area (Å²) in [5.41, 5.74) is 0.646. The first kappa shape index (κ1) is 20.3. The lowest BCUT2D eigenvalue weighted by molar-refractivity contribution is 0.601. The highest BCUT2D eigenvalue weighted by Crippen LogP contribution is 2.20. The van der Waals surface area contributed by atoms with Crippen molar-refractivity contribution < 1.29 is 8.42 Å². The molecule has 0 bridgehead atoms. The summed E-state index contributed by atoms with van der Waals surface area (Å²) in [6.45, 7) is 0. The molecule has 1 N–H and O–H groups in total.